The molecule has 4 heteroatoms. The van der Waals surface area contributed by atoms with E-state index in [4.69, 9.17) is 9.84 Å². The van der Waals surface area contributed by atoms with Crippen molar-refractivity contribution in [3.05, 3.63) is 29.8 Å². The normalized spacial score (nSPS) is 12.8. The third-order valence-corrected chi connectivity index (χ3v) is 3.27. The van der Waals surface area contributed by atoms with E-state index in [1.54, 1.807) is 6.92 Å². The molecule has 0 saturated carbocycles. The molecule has 0 heterocycles. The van der Waals surface area contributed by atoms with Crippen LogP contribution >= 0.6 is 0 Å². The highest BCUT2D eigenvalue weighted by Crippen LogP contribution is 2.26. The van der Waals surface area contributed by atoms with E-state index in [1.165, 1.54) is 5.56 Å². The number of ether oxygens (including phenoxy) is 1. The van der Waals surface area contributed by atoms with Crippen LogP contribution in [0.3, 0.4) is 0 Å². The van der Waals surface area contributed by atoms with E-state index < -0.39 is 6.10 Å². The molecule has 1 rings (SSSR count). The lowest BCUT2D eigenvalue weighted by Gasteiger charge is -2.21. The van der Waals surface area contributed by atoms with E-state index in [-0.39, 0.29) is 17.9 Å². The Bertz CT molecular complexity index is 452. The molecule has 0 bridgehead atoms. The van der Waals surface area contributed by atoms with Crippen molar-refractivity contribution in [2.45, 2.75) is 52.1 Å². The summed E-state index contributed by atoms with van der Waals surface area (Å²) in [5, 5.41) is 11.5. The Morgan fingerprint density at radius 1 is 1.33 bits per heavy atom. The van der Waals surface area contributed by atoms with Crippen molar-refractivity contribution in [1.29, 1.82) is 0 Å². The van der Waals surface area contributed by atoms with Gasteiger partial charge in [-0.1, -0.05) is 32.9 Å². The second kappa shape index (κ2) is 8.03. The van der Waals surface area contributed by atoms with Crippen LogP contribution in [0.2, 0.25) is 0 Å². The topological polar surface area (TPSA) is 58.6 Å². The summed E-state index contributed by atoms with van der Waals surface area (Å²) in [4.78, 5) is 11.9. The molecule has 2 N–H and O–H groups in total. The Morgan fingerprint density at radius 2 is 2.05 bits per heavy atom. The van der Waals surface area contributed by atoms with Crippen LogP contribution < -0.4 is 10.1 Å². The summed E-state index contributed by atoms with van der Waals surface area (Å²) in [6.45, 7) is 8.89. The monoisotopic (exact) mass is 293 g/mol. The van der Waals surface area contributed by atoms with Crippen LogP contribution in [0.15, 0.2) is 24.3 Å². The van der Waals surface area contributed by atoms with Crippen molar-refractivity contribution in [1.82, 2.24) is 5.32 Å². The van der Waals surface area contributed by atoms with Gasteiger partial charge in [0, 0.05) is 13.2 Å². The third-order valence-electron chi connectivity index (χ3n) is 3.27. The first-order valence-electron chi connectivity index (χ1n) is 7.50. The first-order valence-corrected chi connectivity index (χ1v) is 7.50. The smallest absolute Gasteiger partial charge is 0.260 e. The van der Waals surface area contributed by atoms with Crippen molar-refractivity contribution in [3.8, 4) is 5.75 Å². The molecule has 0 aromatic heterocycles. The quantitative estimate of drug-likeness (QED) is 0.760. The van der Waals surface area contributed by atoms with Gasteiger partial charge in [-0.25, -0.2) is 0 Å². The zero-order chi connectivity index (χ0) is 15.9. The van der Waals surface area contributed by atoms with Crippen molar-refractivity contribution in [3.63, 3.8) is 0 Å². The lowest BCUT2D eigenvalue weighted by Crippen LogP contribution is -2.36. The van der Waals surface area contributed by atoms with Gasteiger partial charge in [-0.05, 0) is 42.9 Å². The average Bonchev–Trinajstić information content (AvgIpc) is 2.42. The number of hydrogen-bond acceptors (Lipinski definition) is 3. The van der Waals surface area contributed by atoms with Gasteiger partial charge in [0.2, 0.25) is 0 Å². The number of unbranched alkanes of at least 4 members (excludes halogenated alkanes) is 1. The second-order valence-electron chi connectivity index (χ2n) is 6.26. The zero-order valence-electron chi connectivity index (χ0n) is 13.5. The van der Waals surface area contributed by atoms with Crippen molar-refractivity contribution >= 4 is 5.91 Å². The molecule has 0 radical (unpaired) electrons. The second-order valence-corrected chi connectivity index (χ2v) is 6.26. The molecule has 0 spiro atoms. The maximum atomic E-state index is 11.9. The standard InChI is InChI=1S/C17H27NO3/c1-13(16(20)18-10-5-6-11-19)21-15-9-7-8-14(12-15)17(2,3)4/h7-9,12-13,19H,5-6,10-11H2,1-4H3,(H,18,20). The average molecular weight is 293 g/mol. The highest BCUT2D eigenvalue weighted by atomic mass is 16.5. The minimum absolute atomic E-state index is 0.0508. The maximum Gasteiger partial charge on any atom is 0.260 e. The van der Waals surface area contributed by atoms with Gasteiger partial charge in [-0.2, -0.15) is 0 Å². The predicted molar refractivity (Wildman–Crippen MR) is 84.6 cm³/mol. The maximum absolute atomic E-state index is 11.9. The number of aliphatic hydroxyl groups excluding tert-OH is 1. The van der Waals surface area contributed by atoms with Gasteiger partial charge in [0.25, 0.3) is 5.91 Å². The van der Waals surface area contributed by atoms with Crippen LogP contribution in [0.25, 0.3) is 0 Å². The molecule has 0 aliphatic heterocycles. The number of amides is 1. The van der Waals surface area contributed by atoms with Gasteiger partial charge in [0.15, 0.2) is 6.10 Å². The van der Waals surface area contributed by atoms with Gasteiger partial charge in [-0.15, -0.1) is 0 Å². The summed E-state index contributed by atoms with van der Waals surface area (Å²) in [7, 11) is 0. The van der Waals surface area contributed by atoms with Gasteiger partial charge in [-0.3, -0.25) is 4.79 Å². The van der Waals surface area contributed by atoms with E-state index in [0.29, 0.717) is 18.7 Å². The fourth-order valence-corrected chi connectivity index (χ4v) is 1.89. The minimum Gasteiger partial charge on any atom is -0.481 e. The van der Waals surface area contributed by atoms with E-state index in [0.717, 1.165) is 6.42 Å². The molecule has 0 fully saturated rings. The van der Waals surface area contributed by atoms with Crippen LogP contribution in [-0.2, 0) is 10.2 Å². The van der Waals surface area contributed by atoms with E-state index in [1.807, 2.05) is 18.2 Å². The largest absolute Gasteiger partial charge is 0.481 e. The Balaban J connectivity index is 2.54. The highest BCUT2D eigenvalue weighted by molar-refractivity contribution is 5.80. The fourth-order valence-electron chi connectivity index (χ4n) is 1.89. The summed E-state index contributed by atoms with van der Waals surface area (Å²) in [6, 6.07) is 7.86. The molecule has 0 aliphatic carbocycles. The highest BCUT2D eigenvalue weighted by Gasteiger charge is 2.17. The lowest BCUT2D eigenvalue weighted by molar-refractivity contribution is -0.127. The van der Waals surface area contributed by atoms with Gasteiger partial charge in [0.1, 0.15) is 5.75 Å². The molecule has 0 saturated heterocycles. The van der Waals surface area contributed by atoms with Crippen molar-refractivity contribution < 1.29 is 14.6 Å². The number of benzene rings is 1. The molecule has 0 aliphatic rings. The molecule has 1 atom stereocenters. The fraction of sp³-hybridized carbons (Fsp3) is 0.588. The molecule has 1 aromatic rings. The summed E-state index contributed by atoms with van der Waals surface area (Å²) >= 11 is 0. The number of carbonyl (C=O) groups excluding carboxylic acids is 1. The number of hydrogen-bond donors (Lipinski definition) is 2. The van der Waals surface area contributed by atoms with E-state index in [9.17, 15) is 4.79 Å². The predicted octanol–water partition coefficient (Wildman–Crippen LogP) is 2.64. The Morgan fingerprint density at radius 3 is 2.67 bits per heavy atom. The SMILES string of the molecule is CC(Oc1cccc(C(C)(C)C)c1)C(=O)NCCCCO. The summed E-state index contributed by atoms with van der Waals surface area (Å²) in [5.74, 6) is 0.578. The molecule has 1 unspecified atom stereocenters. The summed E-state index contributed by atoms with van der Waals surface area (Å²) in [5.41, 5.74) is 1.23. The number of aliphatic hydroxyl groups is 1. The van der Waals surface area contributed by atoms with Crippen molar-refractivity contribution in [2.24, 2.45) is 0 Å². The molecule has 1 amide bonds. The number of rotatable bonds is 7. The first kappa shape index (κ1) is 17.5. The Labute approximate surface area is 127 Å². The lowest BCUT2D eigenvalue weighted by atomic mass is 9.87. The van der Waals surface area contributed by atoms with Crippen molar-refractivity contribution in [2.75, 3.05) is 13.2 Å². The molecule has 21 heavy (non-hydrogen) atoms. The van der Waals surface area contributed by atoms with Gasteiger partial charge in [0.05, 0.1) is 0 Å². The summed E-state index contributed by atoms with van der Waals surface area (Å²) in [6.07, 6.45) is 0.937. The zero-order valence-corrected chi connectivity index (χ0v) is 13.5. The molecule has 4 nitrogen and oxygen atoms in total. The van der Waals surface area contributed by atoms with Crippen LogP contribution in [-0.4, -0.2) is 30.3 Å². The van der Waals surface area contributed by atoms with E-state index in [2.05, 4.69) is 32.2 Å². The molecule has 118 valence electrons. The first-order chi connectivity index (χ1) is 9.84. The Kier molecular flexibility index (Phi) is 6.69. The van der Waals surface area contributed by atoms with Crippen LogP contribution in [0.4, 0.5) is 0 Å². The molecular weight excluding hydrogens is 266 g/mol. The van der Waals surface area contributed by atoms with E-state index >= 15 is 0 Å². The molecule has 1 aromatic carbocycles. The van der Waals surface area contributed by atoms with Crippen LogP contribution in [0, 0.1) is 0 Å². The minimum atomic E-state index is -0.533. The van der Waals surface area contributed by atoms with Gasteiger partial charge < -0.3 is 15.2 Å². The number of nitrogens with one attached hydrogen (secondary N) is 1. The summed E-state index contributed by atoms with van der Waals surface area (Å²) < 4.78 is 5.71. The third kappa shape index (κ3) is 6.17. The van der Waals surface area contributed by atoms with Gasteiger partial charge >= 0.3 is 0 Å². The number of carbonyl (C=O) groups is 1. The van der Waals surface area contributed by atoms with Crippen LogP contribution in [0.5, 0.6) is 5.75 Å². The molecular formula is C17H27NO3. The Hall–Kier alpha value is -1.55. The van der Waals surface area contributed by atoms with Crippen LogP contribution in [0.1, 0.15) is 46.1 Å².